The second-order valence-corrected chi connectivity index (χ2v) is 4.14. The lowest BCUT2D eigenvalue weighted by molar-refractivity contribution is -0.134. The first-order chi connectivity index (χ1) is 7.04. The fourth-order valence-electron chi connectivity index (χ4n) is 0.960. The minimum absolute atomic E-state index is 0.240. The van der Waals surface area contributed by atoms with Crippen molar-refractivity contribution in [2.75, 3.05) is 0 Å². The topological polar surface area (TPSA) is 26.3 Å². The summed E-state index contributed by atoms with van der Waals surface area (Å²) in [5, 5.41) is 0.908. The predicted octanol–water partition coefficient (Wildman–Crippen LogP) is 4.35. The molecule has 1 aromatic carbocycles. The van der Waals surface area contributed by atoms with Crippen LogP contribution in [0.15, 0.2) is 12.1 Å². The van der Waals surface area contributed by atoms with Crippen molar-refractivity contribution in [1.82, 2.24) is 0 Å². The maximum absolute atomic E-state index is 11.2. The molecule has 0 atom stereocenters. The van der Waals surface area contributed by atoms with Gasteiger partial charge < -0.3 is 4.74 Å². The van der Waals surface area contributed by atoms with E-state index in [-0.39, 0.29) is 16.7 Å². The number of carbonyl (C=O) groups excluding carboxylic acids is 1. The zero-order chi connectivity index (χ0) is 11.4. The highest BCUT2D eigenvalue weighted by Gasteiger charge is 2.10. The minimum atomic E-state index is -0.335. The Balaban J connectivity index is 2.86. The van der Waals surface area contributed by atoms with E-state index in [1.54, 1.807) is 0 Å². The molecule has 0 saturated heterocycles. The standard InChI is InChI=1S/C10H9Cl3O2/c1-2-3-10(14)15-9-5-7(12)6(11)4-8(9)13/h4-5H,2-3H2,1H3. The molecular formula is C10H9Cl3O2. The summed E-state index contributed by atoms with van der Waals surface area (Å²) >= 11 is 17.3. The number of hydrogen-bond acceptors (Lipinski definition) is 2. The summed E-state index contributed by atoms with van der Waals surface area (Å²) in [5.41, 5.74) is 0. The Bertz CT molecular complexity index is 377. The van der Waals surface area contributed by atoms with Crippen LogP contribution in [-0.4, -0.2) is 5.97 Å². The molecular weight excluding hydrogens is 258 g/mol. The summed E-state index contributed by atoms with van der Waals surface area (Å²) in [6.07, 6.45) is 1.06. The second kappa shape index (κ2) is 5.59. The van der Waals surface area contributed by atoms with Gasteiger partial charge in [0.25, 0.3) is 0 Å². The van der Waals surface area contributed by atoms with Gasteiger partial charge in [0, 0.05) is 12.5 Å². The van der Waals surface area contributed by atoms with Gasteiger partial charge in [0.1, 0.15) is 0 Å². The van der Waals surface area contributed by atoms with Gasteiger partial charge in [0.2, 0.25) is 0 Å². The van der Waals surface area contributed by atoms with E-state index in [4.69, 9.17) is 39.5 Å². The molecule has 1 rings (SSSR count). The van der Waals surface area contributed by atoms with Crippen LogP contribution in [0.5, 0.6) is 5.75 Å². The summed E-state index contributed by atoms with van der Waals surface area (Å²) in [7, 11) is 0. The molecule has 0 saturated carbocycles. The molecule has 82 valence electrons. The van der Waals surface area contributed by atoms with Gasteiger partial charge in [-0.2, -0.15) is 0 Å². The number of benzene rings is 1. The molecule has 2 nitrogen and oxygen atoms in total. The Kier molecular flexibility index (Phi) is 4.71. The van der Waals surface area contributed by atoms with Crippen molar-refractivity contribution in [3.8, 4) is 5.75 Å². The maximum Gasteiger partial charge on any atom is 0.311 e. The van der Waals surface area contributed by atoms with Gasteiger partial charge in [0.15, 0.2) is 5.75 Å². The molecule has 0 unspecified atom stereocenters. The Morgan fingerprint density at radius 2 is 1.80 bits per heavy atom. The molecule has 0 aliphatic rings. The summed E-state index contributed by atoms with van der Waals surface area (Å²) in [5.74, 6) is -0.0951. The lowest BCUT2D eigenvalue weighted by Gasteiger charge is -2.06. The Morgan fingerprint density at radius 1 is 1.20 bits per heavy atom. The van der Waals surface area contributed by atoms with Crippen LogP contribution in [0.1, 0.15) is 19.8 Å². The highest BCUT2D eigenvalue weighted by atomic mass is 35.5. The van der Waals surface area contributed by atoms with Crippen LogP contribution >= 0.6 is 34.8 Å². The summed E-state index contributed by atoms with van der Waals surface area (Å²) < 4.78 is 5.01. The van der Waals surface area contributed by atoms with Crippen LogP contribution in [0.2, 0.25) is 15.1 Å². The van der Waals surface area contributed by atoms with E-state index in [1.165, 1.54) is 12.1 Å². The highest BCUT2D eigenvalue weighted by molar-refractivity contribution is 6.43. The first-order valence-corrected chi connectivity index (χ1v) is 5.53. The van der Waals surface area contributed by atoms with Crippen molar-refractivity contribution >= 4 is 40.8 Å². The van der Waals surface area contributed by atoms with Gasteiger partial charge in [-0.3, -0.25) is 4.79 Å². The smallest absolute Gasteiger partial charge is 0.311 e. The predicted molar refractivity (Wildman–Crippen MR) is 62.0 cm³/mol. The van der Waals surface area contributed by atoms with Crippen LogP contribution in [0.25, 0.3) is 0 Å². The monoisotopic (exact) mass is 266 g/mol. The summed E-state index contributed by atoms with van der Waals surface area (Å²) in [4.78, 5) is 11.2. The molecule has 0 radical (unpaired) electrons. The van der Waals surface area contributed by atoms with E-state index in [0.29, 0.717) is 16.5 Å². The van der Waals surface area contributed by atoms with Gasteiger partial charge in [-0.25, -0.2) is 0 Å². The molecule has 0 N–H and O–H groups in total. The Morgan fingerprint density at radius 3 is 2.40 bits per heavy atom. The number of halogens is 3. The van der Waals surface area contributed by atoms with Crippen LogP contribution in [0, 0.1) is 0 Å². The van der Waals surface area contributed by atoms with Crippen LogP contribution < -0.4 is 4.74 Å². The number of carbonyl (C=O) groups is 1. The molecule has 5 heteroatoms. The molecule has 0 heterocycles. The molecule has 0 amide bonds. The van der Waals surface area contributed by atoms with E-state index in [0.717, 1.165) is 6.42 Å². The molecule has 0 aromatic heterocycles. The fraction of sp³-hybridized carbons (Fsp3) is 0.300. The van der Waals surface area contributed by atoms with E-state index >= 15 is 0 Å². The molecule has 15 heavy (non-hydrogen) atoms. The Labute approximate surface area is 103 Å². The number of rotatable bonds is 3. The zero-order valence-electron chi connectivity index (χ0n) is 8.02. The normalized spacial score (nSPS) is 10.1. The SMILES string of the molecule is CCCC(=O)Oc1cc(Cl)c(Cl)cc1Cl. The number of esters is 1. The molecule has 0 fully saturated rings. The lowest BCUT2D eigenvalue weighted by Crippen LogP contribution is -2.07. The van der Waals surface area contributed by atoms with Crippen molar-refractivity contribution in [1.29, 1.82) is 0 Å². The molecule has 0 aliphatic carbocycles. The summed E-state index contributed by atoms with van der Waals surface area (Å²) in [6.45, 7) is 1.89. The van der Waals surface area contributed by atoms with Crippen molar-refractivity contribution in [2.24, 2.45) is 0 Å². The average Bonchev–Trinajstić information content (AvgIpc) is 2.14. The van der Waals surface area contributed by atoms with E-state index in [2.05, 4.69) is 0 Å². The third-order valence-corrected chi connectivity index (χ3v) is 2.67. The van der Waals surface area contributed by atoms with E-state index in [1.807, 2.05) is 6.92 Å². The van der Waals surface area contributed by atoms with E-state index in [9.17, 15) is 4.79 Å². The number of ether oxygens (including phenoxy) is 1. The minimum Gasteiger partial charge on any atom is -0.425 e. The number of hydrogen-bond donors (Lipinski definition) is 0. The van der Waals surface area contributed by atoms with Crippen molar-refractivity contribution in [3.05, 3.63) is 27.2 Å². The van der Waals surface area contributed by atoms with Crippen LogP contribution in [-0.2, 0) is 4.79 Å². The molecule has 0 spiro atoms. The van der Waals surface area contributed by atoms with Gasteiger partial charge in [-0.05, 0) is 12.5 Å². The van der Waals surface area contributed by atoms with Gasteiger partial charge >= 0.3 is 5.97 Å². The summed E-state index contributed by atoms with van der Waals surface area (Å²) in [6, 6.07) is 2.87. The highest BCUT2D eigenvalue weighted by Crippen LogP contribution is 2.33. The van der Waals surface area contributed by atoms with Gasteiger partial charge in [-0.1, -0.05) is 41.7 Å². The van der Waals surface area contributed by atoms with Crippen LogP contribution in [0.4, 0.5) is 0 Å². The van der Waals surface area contributed by atoms with Crippen molar-refractivity contribution < 1.29 is 9.53 Å². The lowest BCUT2D eigenvalue weighted by atomic mass is 10.3. The van der Waals surface area contributed by atoms with E-state index < -0.39 is 0 Å². The third kappa shape index (κ3) is 3.56. The van der Waals surface area contributed by atoms with Crippen molar-refractivity contribution in [2.45, 2.75) is 19.8 Å². The molecule has 1 aromatic rings. The van der Waals surface area contributed by atoms with Crippen molar-refractivity contribution in [3.63, 3.8) is 0 Å². The van der Waals surface area contributed by atoms with Gasteiger partial charge in [-0.15, -0.1) is 0 Å². The Hall–Kier alpha value is -0.440. The van der Waals surface area contributed by atoms with Crippen LogP contribution in [0.3, 0.4) is 0 Å². The largest absolute Gasteiger partial charge is 0.425 e. The zero-order valence-corrected chi connectivity index (χ0v) is 10.3. The fourth-order valence-corrected chi connectivity index (χ4v) is 1.54. The van der Waals surface area contributed by atoms with Gasteiger partial charge in [0.05, 0.1) is 15.1 Å². The first kappa shape index (κ1) is 12.6. The maximum atomic E-state index is 11.2. The third-order valence-electron chi connectivity index (χ3n) is 1.65. The average molecular weight is 268 g/mol. The second-order valence-electron chi connectivity index (χ2n) is 2.92. The quantitative estimate of drug-likeness (QED) is 0.462. The molecule has 0 bridgehead atoms. The first-order valence-electron chi connectivity index (χ1n) is 4.39. The molecule has 0 aliphatic heterocycles.